The Morgan fingerprint density at radius 2 is 1.62 bits per heavy atom. The van der Waals surface area contributed by atoms with Crippen LogP contribution in [0.2, 0.25) is 0 Å². The Bertz CT molecular complexity index is 1090. The van der Waals surface area contributed by atoms with Crippen molar-refractivity contribution >= 4 is 33.2 Å². The number of nitrogens with zero attached hydrogens (tertiary/aromatic N) is 1. The molecule has 0 atom stereocenters. The van der Waals surface area contributed by atoms with Crippen LogP contribution in [-0.4, -0.2) is 43.4 Å². The lowest BCUT2D eigenvalue weighted by Gasteiger charge is -2.14. The number of imide groups is 1. The zero-order valence-corrected chi connectivity index (χ0v) is 16.8. The quantitative estimate of drug-likeness (QED) is 0.594. The largest absolute Gasteiger partial charge is 0.395 e. The van der Waals surface area contributed by atoms with Gasteiger partial charge in [0.15, 0.2) is 0 Å². The molecule has 3 N–H and O–H groups in total. The predicted octanol–water partition coefficient (Wildman–Crippen LogP) is 1.76. The Labute approximate surface area is 168 Å². The lowest BCUT2D eigenvalue weighted by Crippen LogP contribution is -2.34. The van der Waals surface area contributed by atoms with Crippen molar-refractivity contribution < 1.29 is 23.1 Å². The summed E-state index contributed by atoms with van der Waals surface area (Å²) in [6.07, 6.45) is 1.14. The first-order valence-corrected chi connectivity index (χ1v) is 10.3. The van der Waals surface area contributed by atoms with Crippen LogP contribution in [0.4, 0.5) is 11.4 Å². The number of hydrogen-bond acceptors (Lipinski definition) is 6. The minimum Gasteiger partial charge on any atom is -0.395 e. The number of carbonyl (C=O) groups excluding carboxylic acids is 2. The average molecular weight is 415 g/mol. The molecule has 9 heteroatoms. The lowest BCUT2D eigenvalue weighted by molar-refractivity contribution is -0.137. The number of aryl methyl sites for hydroxylation is 2. The number of nitrogens with one attached hydrogen (secondary N) is 2. The van der Waals surface area contributed by atoms with Crippen LogP contribution < -0.4 is 10.0 Å². The molecule has 0 radical (unpaired) electrons. The van der Waals surface area contributed by atoms with Gasteiger partial charge in [-0.2, -0.15) is 0 Å². The van der Waals surface area contributed by atoms with Crippen LogP contribution >= 0.6 is 0 Å². The molecule has 2 aromatic carbocycles. The third-order valence-electron chi connectivity index (χ3n) is 4.54. The zero-order chi connectivity index (χ0) is 21.2. The van der Waals surface area contributed by atoms with Crippen molar-refractivity contribution in [1.29, 1.82) is 0 Å². The normalized spacial score (nSPS) is 14.2. The third-order valence-corrected chi connectivity index (χ3v) is 5.93. The molecule has 0 fully saturated rings. The summed E-state index contributed by atoms with van der Waals surface area (Å²) in [4.78, 5) is 24.9. The molecule has 0 aliphatic carbocycles. The van der Waals surface area contributed by atoms with Gasteiger partial charge in [0, 0.05) is 17.5 Å². The molecule has 1 aliphatic rings. The summed E-state index contributed by atoms with van der Waals surface area (Å²) in [5.74, 6) is -1.06. The van der Waals surface area contributed by atoms with Crippen LogP contribution in [-0.2, 0) is 19.6 Å². The number of amides is 2. The minimum atomic E-state index is -3.77. The maximum Gasteiger partial charge on any atom is 0.277 e. The van der Waals surface area contributed by atoms with Gasteiger partial charge in [0.05, 0.1) is 18.0 Å². The van der Waals surface area contributed by atoms with Crippen LogP contribution in [0.25, 0.3) is 0 Å². The Morgan fingerprint density at radius 3 is 2.24 bits per heavy atom. The molecule has 8 nitrogen and oxygen atoms in total. The topological polar surface area (TPSA) is 116 Å². The number of benzene rings is 2. The molecule has 2 aromatic rings. The van der Waals surface area contributed by atoms with E-state index in [9.17, 15) is 18.0 Å². The van der Waals surface area contributed by atoms with Crippen molar-refractivity contribution in [3.8, 4) is 0 Å². The van der Waals surface area contributed by atoms with E-state index in [0.29, 0.717) is 11.4 Å². The predicted molar refractivity (Wildman–Crippen MR) is 109 cm³/mol. The molecule has 0 aromatic heterocycles. The van der Waals surface area contributed by atoms with E-state index in [1.165, 1.54) is 24.3 Å². The molecule has 3 rings (SSSR count). The fraction of sp³-hybridized carbons (Fsp3) is 0.200. The van der Waals surface area contributed by atoms with Gasteiger partial charge in [0.25, 0.3) is 21.8 Å². The summed E-state index contributed by atoms with van der Waals surface area (Å²) in [5, 5.41) is 11.7. The molecule has 2 amide bonds. The molecule has 1 aliphatic heterocycles. The summed E-state index contributed by atoms with van der Waals surface area (Å²) < 4.78 is 27.7. The number of sulfonamides is 1. The first kappa shape index (κ1) is 20.6. The molecule has 0 saturated carbocycles. The lowest BCUT2D eigenvalue weighted by atomic mass is 10.1. The zero-order valence-electron chi connectivity index (χ0n) is 16.0. The standard InChI is InChI=1S/C20H21N3O5S/c1-13-3-4-16(11-14(13)2)22-29(27,28)17-7-5-15(6-8-17)21-18-12-19(25)23(9-10-24)20(18)26/h3-8,11-12,21-22,24H,9-10H2,1-2H3. The molecule has 152 valence electrons. The van der Waals surface area contributed by atoms with E-state index in [1.807, 2.05) is 19.9 Å². The Balaban J connectivity index is 1.73. The van der Waals surface area contributed by atoms with Crippen LogP contribution in [0.5, 0.6) is 0 Å². The number of aliphatic hydroxyl groups excluding tert-OH is 1. The van der Waals surface area contributed by atoms with Crippen LogP contribution in [0.1, 0.15) is 11.1 Å². The first-order valence-electron chi connectivity index (χ1n) is 8.87. The van der Waals surface area contributed by atoms with E-state index in [2.05, 4.69) is 10.0 Å². The van der Waals surface area contributed by atoms with Gasteiger partial charge in [0.1, 0.15) is 5.70 Å². The highest BCUT2D eigenvalue weighted by Gasteiger charge is 2.30. The van der Waals surface area contributed by atoms with Crippen LogP contribution in [0.3, 0.4) is 0 Å². The fourth-order valence-corrected chi connectivity index (χ4v) is 3.85. The van der Waals surface area contributed by atoms with Crippen molar-refractivity contribution in [3.05, 3.63) is 65.4 Å². The summed E-state index contributed by atoms with van der Waals surface area (Å²) in [6, 6.07) is 11.1. The smallest absolute Gasteiger partial charge is 0.277 e. The molecule has 0 bridgehead atoms. The van der Waals surface area contributed by atoms with Gasteiger partial charge in [-0.1, -0.05) is 6.07 Å². The maximum absolute atomic E-state index is 12.6. The van der Waals surface area contributed by atoms with E-state index in [-0.39, 0.29) is 23.7 Å². The van der Waals surface area contributed by atoms with Crippen molar-refractivity contribution in [2.75, 3.05) is 23.2 Å². The number of rotatable bonds is 7. The second-order valence-electron chi connectivity index (χ2n) is 6.63. The molecular formula is C20H21N3O5S. The third kappa shape index (κ3) is 4.47. The summed E-state index contributed by atoms with van der Waals surface area (Å²) >= 11 is 0. The SMILES string of the molecule is Cc1ccc(NS(=O)(=O)c2ccc(NC3=CC(=O)N(CCO)C3=O)cc2)cc1C. The van der Waals surface area contributed by atoms with E-state index in [4.69, 9.17) is 5.11 Å². The molecule has 29 heavy (non-hydrogen) atoms. The van der Waals surface area contributed by atoms with Gasteiger partial charge in [-0.3, -0.25) is 19.2 Å². The van der Waals surface area contributed by atoms with E-state index in [1.54, 1.807) is 12.1 Å². The summed E-state index contributed by atoms with van der Waals surface area (Å²) in [5.41, 5.74) is 3.03. The minimum absolute atomic E-state index is 0.0611. The maximum atomic E-state index is 12.6. The van der Waals surface area contributed by atoms with Gasteiger partial charge in [-0.25, -0.2) is 8.42 Å². The monoisotopic (exact) mass is 415 g/mol. The van der Waals surface area contributed by atoms with Crippen molar-refractivity contribution in [1.82, 2.24) is 4.90 Å². The highest BCUT2D eigenvalue weighted by Crippen LogP contribution is 2.22. The van der Waals surface area contributed by atoms with Crippen molar-refractivity contribution in [2.45, 2.75) is 18.7 Å². The van der Waals surface area contributed by atoms with E-state index >= 15 is 0 Å². The number of carbonyl (C=O) groups is 2. The highest BCUT2D eigenvalue weighted by molar-refractivity contribution is 7.92. The van der Waals surface area contributed by atoms with Gasteiger partial charge >= 0.3 is 0 Å². The van der Waals surface area contributed by atoms with E-state index < -0.39 is 21.8 Å². The highest BCUT2D eigenvalue weighted by atomic mass is 32.2. The summed E-state index contributed by atoms with van der Waals surface area (Å²) in [6.45, 7) is 3.44. The molecule has 1 heterocycles. The van der Waals surface area contributed by atoms with Crippen molar-refractivity contribution in [2.24, 2.45) is 0 Å². The summed E-state index contributed by atoms with van der Waals surface area (Å²) in [7, 11) is -3.77. The number of aliphatic hydroxyl groups is 1. The van der Waals surface area contributed by atoms with Crippen LogP contribution in [0.15, 0.2) is 59.1 Å². The van der Waals surface area contributed by atoms with Gasteiger partial charge in [0.2, 0.25) is 0 Å². The Morgan fingerprint density at radius 1 is 0.966 bits per heavy atom. The number of β-amino-alcohol motifs (C(OH)–C–C–N with tert-alkyl or cyclic N) is 1. The van der Waals surface area contributed by atoms with Crippen LogP contribution in [0, 0.1) is 13.8 Å². The van der Waals surface area contributed by atoms with Gasteiger partial charge in [-0.05, 0) is 61.4 Å². The second-order valence-corrected chi connectivity index (χ2v) is 8.31. The van der Waals surface area contributed by atoms with Gasteiger partial charge < -0.3 is 10.4 Å². The fourth-order valence-electron chi connectivity index (χ4n) is 2.80. The molecule has 0 saturated heterocycles. The van der Waals surface area contributed by atoms with E-state index in [0.717, 1.165) is 22.1 Å². The molecule has 0 unspecified atom stereocenters. The second kappa shape index (κ2) is 8.06. The van der Waals surface area contributed by atoms with Crippen molar-refractivity contribution in [3.63, 3.8) is 0 Å². The molecular weight excluding hydrogens is 394 g/mol. The first-order chi connectivity index (χ1) is 13.7. The average Bonchev–Trinajstić information content (AvgIpc) is 2.93. The Hall–Kier alpha value is -3.17. The number of hydrogen-bond donors (Lipinski definition) is 3. The Kier molecular flexibility index (Phi) is 5.71. The molecule has 0 spiro atoms. The number of anilines is 2. The van der Waals surface area contributed by atoms with Gasteiger partial charge in [-0.15, -0.1) is 0 Å².